The molecule has 0 saturated heterocycles. The summed E-state index contributed by atoms with van der Waals surface area (Å²) < 4.78 is 5.48. The van der Waals surface area contributed by atoms with Crippen LogP contribution in [0.1, 0.15) is 30.7 Å². The van der Waals surface area contributed by atoms with Crippen LogP contribution in [0.15, 0.2) is 53.1 Å². The Balaban J connectivity index is 2.21. The summed E-state index contributed by atoms with van der Waals surface area (Å²) in [5.74, 6) is 0.972. The monoisotopic (exact) mass is 215 g/mol. The molecule has 1 atom stereocenters. The SMILES string of the molecule is CCCNC(c1ccccc1)c1ccco1. The highest BCUT2D eigenvalue weighted by Crippen LogP contribution is 2.21. The molecule has 1 N–H and O–H groups in total. The quantitative estimate of drug-likeness (QED) is 0.827. The second-order valence-electron chi connectivity index (χ2n) is 3.81. The summed E-state index contributed by atoms with van der Waals surface area (Å²) >= 11 is 0. The summed E-state index contributed by atoms with van der Waals surface area (Å²) in [6.45, 7) is 3.15. The molecule has 0 amide bonds. The molecule has 0 aliphatic rings. The van der Waals surface area contributed by atoms with E-state index in [1.54, 1.807) is 6.26 Å². The largest absolute Gasteiger partial charge is 0.467 e. The molecule has 0 aliphatic heterocycles. The van der Waals surface area contributed by atoms with Crippen molar-refractivity contribution in [3.8, 4) is 0 Å². The maximum atomic E-state index is 5.48. The molecule has 1 unspecified atom stereocenters. The van der Waals surface area contributed by atoms with E-state index in [4.69, 9.17) is 4.42 Å². The Morgan fingerprint density at radius 3 is 2.56 bits per heavy atom. The van der Waals surface area contributed by atoms with Crippen molar-refractivity contribution >= 4 is 0 Å². The molecular formula is C14H17NO. The number of furan rings is 1. The molecule has 0 bridgehead atoms. The van der Waals surface area contributed by atoms with E-state index in [0.717, 1.165) is 18.7 Å². The lowest BCUT2D eigenvalue weighted by atomic mass is 10.0. The standard InChI is InChI=1S/C14H17NO/c1-2-10-15-14(13-9-6-11-16-13)12-7-4-3-5-8-12/h3-9,11,14-15H,2,10H2,1H3. The fourth-order valence-electron chi connectivity index (χ4n) is 1.77. The van der Waals surface area contributed by atoms with Crippen LogP contribution in [0, 0.1) is 0 Å². The first kappa shape index (κ1) is 11.0. The minimum Gasteiger partial charge on any atom is -0.467 e. The predicted octanol–water partition coefficient (Wildman–Crippen LogP) is 3.37. The van der Waals surface area contributed by atoms with Crippen molar-refractivity contribution < 1.29 is 4.42 Å². The number of hydrogen-bond donors (Lipinski definition) is 1. The van der Waals surface area contributed by atoms with E-state index in [1.165, 1.54) is 5.56 Å². The molecule has 0 saturated carbocycles. The van der Waals surface area contributed by atoms with Crippen molar-refractivity contribution in [1.82, 2.24) is 5.32 Å². The predicted molar refractivity (Wildman–Crippen MR) is 65.3 cm³/mol. The van der Waals surface area contributed by atoms with E-state index in [9.17, 15) is 0 Å². The van der Waals surface area contributed by atoms with E-state index in [0.29, 0.717) is 0 Å². The average Bonchev–Trinajstić information content (AvgIpc) is 2.85. The van der Waals surface area contributed by atoms with Gasteiger partial charge in [0.1, 0.15) is 5.76 Å². The van der Waals surface area contributed by atoms with Gasteiger partial charge in [-0.2, -0.15) is 0 Å². The molecule has 1 aromatic heterocycles. The van der Waals surface area contributed by atoms with Crippen LogP contribution >= 0.6 is 0 Å². The Morgan fingerprint density at radius 1 is 1.12 bits per heavy atom. The molecule has 2 nitrogen and oxygen atoms in total. The van der Waals surface area contributed by atoms with Gasteiger partial charge >= 0.3 is 0 Å². The summed E-state index contributed by atoms with van der Waals surface area (Å²) in [6.07, 6.45) is 2.84. The van der Waals surface area contributed by atoms with Crippen LogP contribution in [-0.2, 0) is 0 Å². The van der Waals surface area contributed by atoms with Crippen LogP contribution in [0.5, 0.6) is 0 Å². The number of hydrogen-bond acceptors (Lipinski definition) is 2. The van der Waals surface area contributed by atoms with Gasteiger partial charge in [0.25, 0.3) is 0 Å². The number of rotatable bonds is 5. The molecule has 0 aliphatic carbocycles. The highest BCUT2D eigenvalue weighted by atomic mass is 16.3. The minimum absolute atomic E-state index is 0.163. The zero-order valence-electron chi connectivity index (χ0n) is 9.52. The van der Waals surface area contributed by atoms with Crippen LogP contribution in [0.3, 0.4) is 0 Å². The molecule has 2 aromatic rings. The van der Waals surface area contributed by atoms with Crippen LogP contribution in [0.25, 0.3) is 0 Å². The molecule has 0 radical (unpaired) electrons. The molecule has 1 heterocycles. The normalized spacial score (nSPS) is 12.6. The van der Waals surface area contributed by atoms with E-state index in [1.807, 2.05) is 18.2 Å². The topological polar surface area (TPSA) is 25.2 Å². The van der Waals surface area contributed by atoms with Crippen LogP contribution < -0.4 is 5.32 Å². The first-order chi connectivity index (χ1) is 7.92. The summed E-state index contributed by atoms with van der Waals surface area (Å²) in [7, 11) is 0. The minimum atomic E-state index is 0.163. The first-order valence-corrected chi connectivity index (χ1v) is 5.73. The lowest BCUT2D eigenvalue weighted by Crippen LogP contribution is -2.22. The number of nitrogens with one attached hydrogen (secondary N) is 1. The lowest BCUT2D eigenvalue weighted by molar-refractivity contribution is 0.446. The fraction of sp³-hybridized carbons (Fsp3) is 0.286. The van der Waals surface area contributed by atoms with Gasteiger partial charge in [0.05, 0.1) is 12.3 Å². The Hall–Kier alpha value is -1.54. The van der Waals surface area contributed by atoms with Gasteiger partial charge in [-0.05, 0) is 30.7 Å². The second-order valence-corrected chi connectivity index (χ2v) is 3.81. The third-order valence-electron chi connectivity index (χ3n) is 2.56. The van der Waals surface area contributed by atoms with Gasteiger partial charge in [0, 0.05) is 0 Å². The van der Waals surface area contributed by atoms with Crippen molar-refractivity contribution in [2.24, 2.45) is 0 Å². The van der Waals surface area contributed by atoms with Crippen molar-refractivity contribution in [3.05, 3.63) is 60.1 Å². The molecule has 0 spiro atoms. The van der Waals surface area contributed by atoms with Gasteiger partial charge in [-0.1, -0.05) is 37.3 Å². The molecule has 0 fully saturated rings. The van der Waals surface area contributed by atoms with Crippen LogP contribution in [0.4, 0.5) is 0 Å². The molecule has 2 rings (SSSR count). The summed E-state index contributed by atoms with van der Waals surface area (Å²) in [4.78, 5) is 0. The number of benzene rings is 1. The van der Waals surface area contributed by atoms with Crippen molar-refractivity contribution in [2.45, 2.75) is 19.4 Å². The smallest absolute Gasteiger partial charge is 0.125 e. The lowest BCUT2D eigenvalue weighted by Gasteiger charge is -2.16. The highest BCUT2D eigenvalue weighted by molar-refractivity contribution is 5.26. The van der Waals surface area contributed by atoms with Crippen molar-refractivity contribution in [1.29, 1.82) is 0 Å². The Labute approximate surface area is 96.3 Å². The van der Waals surface area contributed by atoms with E-state index in [2.05, 4.69) is 36.5 Å². The summed E-state index contributed by atoms with van der Waals surface area (Å²) in [5.41, 5.74) is 1.24. The van der Waals surface area contributed by atoms with Gasteiger partial charge in [-0.3, -0.25) is 0 Å². The van der Waals surface area contributed by atoms with Crippen molar-refractivity contribution in [2.75, 3.05) is 6.54 Å². The van der Waals surface area contributed by atoms with Gasteiger partial charge in [0.15, 0.2) is 0 Å². The molecule has 2 heteroatoms. The average molecular weight is 215 g/mol. The molecular weight excluding hydrogens is 198 g/mol. The van der Waals surface area contributed by atoms with Crippen molar-refractivity contribution in [3.63, 3.8) is 0 Å². The van der Waals surface area contributed by atoms with E-state index < -0.39 is 0 Å². The zero-order valence-corrected chi connectivity index (χ0v) is 9.52. The van der Waals surface area contributed by atoms with E-state index >= 15 is 0 Å². The second kappa shape index (κ2) is 5.52. The van der Waals surface area contributed by atoms with Gasteiger partial charge < -0.3 is 9.73 Å². The van der Waals surface area contributed by atoms with Gasteiger partial charge in [0.2, 0.25) is 0 Å². The fourth-order valence-corrected chi connectivity index (χ4v) is 1.77. The summed E-state index contributed by atoms with van der Waals surface area (Å²) in [6, 6.07) is 14.5. The van der Waals surface area contributed by atoms with Gasteiger partial charge in [-0.25, -0.2) is 0 Å². The third-order valence-corrected chi connectivity index (χ3v) is 2.56. The Kier molecular flexibility index (Phi) is 3.78. The highest BCUT2D eigenvalue weighted by Gasteiger charge is 2.14. The zero-order chi connectivity index (χ0) is 11.2. The molecule has 1 aromatic carbocycles. The molecule has 84 valence electrons. The third kappa shape index (κ3) is 2.52. The maximum absolute atomic E-state index is 5.48. The maximum Gasteiger partial charge on any atom is 0.125 e. The summed E-state index contributed by atoms with van der Waals surface area (Å²) in [5, 5.41) is 3.49. The first-order valence-electron chi connectivity index (χ1n) is 5.73. The van der Waals surface area contributed by atoms with Gasteiger partial charge in [-0.15, -0.1) is 0 Å². The van der Waals surface area contributed by atoms with Crippen LogP contribution in [0.2, 0.25) is 0 Å². The van der Waals surface area contributed by atoms with E-state index in [-0.39, 0.29) is 6.04 Å². The Morgan fingerprint density at radius 2 is 1.94 bits per heavy atom. The Bertz CT molecular complexity index is 394. The van der Waals surface area contributed by atoms with Crippen LogP contribution in [-0.4, -0.2) is 6.54 Å². The molecule has 16 heavy (non-hydrogen) atoms.